The molecule has 0 saturated carbocycles. The molecule has 0 atom stereocenters. The number of hydrogen-bond donors (Lipinski definition) is 3. The highest BCUT2D eigenvalue weighted by molar-refractivity contribution is 6.06. The Morgan fingerprint density at radius 1 is 1.12 bits per heavy atom. The lowest BCUT2D eigenvalue weighted by atomic mass is 10.1. The second kappa shape index (κ2) is 7.16. The first-order chi connectivity index (χ1) is 15.6. The summed E-state index contributed by atoms with van der Waals surface area (Å²) in [7, 11) is 1.79. The summed E-state index contributed by atoms with van der Waals surface area (Å²) in [5, 5.41) is 13.6. The average molecular weight is 444 g/mol. The van der Waals surface area contributed by atoms with E-state index in [4.69, 9.17) is 10.8 Å². The van der Waals surface area contributed by atoms with E-state index in [1.807, 2.05) is 41.9 Å². The highest BCUT2D eigenvalue weighted by Gasteiger charge is 2.24. The third kappa shape index (κ3) is 3.49. The number of carbonyl (C=O) groups is 1. The van der Waals surface area contributed by atoms with Crippen LogP contribution in [0.15, 0.2) is 36.7 Å². The normalized spacial score (nSPS) is 12.0. The summed E-state index contributed by atoms with van der Waals surface area (Å²) in [4.78, 5) is 24.6. The van der Waals surface area contributed by atoms with Gasteiger partial charge in [-0.3, -0.25) is 9.48 Å². The molecular weight excluding hydrogens is 418 g/mol. The number of nitrogens with zero attached hydrogens (tertiary/aromatic N) is 6. The largest absolute Gasteiger partial charge is 0.383 e. The van der Waals surface area contributed by atoms with Gasteiger partial charge in [-0.25, -0.2) is 14.6 Å². The van der Waals surface area contributed by atoms with Crippen molar-refractivity contribution in [3.8, 4) is 11.3 Å². The van der Waals surface area contributed by atoms with Crippen molar-refractivity contribution >= 4 is 39.5 Å². The van der Waals surface area contributed by atoms with Crippen molar-refractivity contribution in [1.29, 1.82) is 0 Å². The van der Waals surface area contributed by atoms with Crippen molar-refractivity contribution in [3.63, 3.8) is 0 Å². The number of benzene rings is 1. The number of aromatic nitrogens is 7. The third-order valence-electron chi connectivity index (χ3n) is 5.51. The number of nitrogens with two attached hydrogens (primary N) is 1. The van der Waals surface area contributed by atoms with E-state index < -0.39 is 0 Å². The molecule has 0 bridgehead atoms. The van der Waals surface area contributed by atoms with Gasteiger partial charge in [-0.05, 0) is 39.8 Å². The molecule has 4 aromatic heterocycles. The van der Waals surface area contributed by atoms with Crippen LogP contribution >= 0.6 is 0 Å². The van der Waals surface area contributed by atoms with Gasteiger partial charge in [0, 0.05) is 29.6 Å². The predicted molar refractivity (Wildman–Crippen MR) is 128 cm³/mol. The summed E-state index contributed by atoms with van der Waals surface area (Å²) in [6.07, 6.45) is 1.45. The lowest BCUT2D eigenvalue weighted by Crippen LogP contribution is -2.23. The molecule has 10 nitrogen and oxygen atoms in total. The number of hydrogen-bond acceptors (Lipinski definition) is 6. The van der Waals surface area contributed by atoms with Crippen LogP contribution in [0.3, 0.4) is 0 Å². The van der Waals surface area contributed by atoms with E-state index in [1.165, 1.54) is 6.33 Å². The molecule has 10 heteroatoms. The Kier molecular flexibility index (Phi) is 4.48. The van der Waals surface area contributed by atoms with Crippen molar-refractivity contribution in [2.75, 3.05) is 11.1 Å². The summed E-state index contributed by atoms with van der Waals surface area (Å²) in [6, 6.07) is 9.52. The summed E-state index contributed by atoms with van der Waals surface area (Å²) >= 11 is 0. The zero-order valence-corrected chi connectivity index (χ0v) is 19.1. The van der Waals surface area contributed by atoms with Gasteiger partial charge in [-0.1, -0.05) is 12.1 Å². The molecule has 0 radical (unpaired) electrons. The summed E-state index contributed by atoms with van der Waals surface area (Å²) < 4.78 is 3.50. The molecule has 4 heterocycles. The third-order valence-corrected chi connectivity index (χ3v) is 5.51. The Morgan fingerprint density at radius 3 is 2.61 bits per heavy atom. The predicted octanol–water partition coefficient (Wildman–Crippen LogP) is 3.61. The Morgan fingerprint density at radius 2 is 1.91 bits per heavy atom. The number of H-pyrrole nitrogens is 1. The minimum Gasteiger partial charge on any atom is -0.383 e. The number of anilines is 2. The minimum atomic E-state index is -0.288. The molecule has 0 aliphatic carbocycles. The number of nitrogens with one attached hydrogen (secondary N) is 2. The zero-order valence-electron chi connectivity index (χ0n) is 19.1. The second-order valence-corrected chi connectivity index (χ2v) is 9.12. The van der Waals surface area contributed by atoms with Crippen LogP contribution in [0.2, 0.25) is 0 Å². The van der Waals surface area contributed by atoms with E-state index in [2.05, 4.69) is 46.1 Å². The molecule has 5 aromatic rings. The lowest BCUT2D eigenvalue weighted by molar-refractivity contribution is 0.102. The first kappa shape index (κ1) is 20.7. The summed E-state index contributed by atoms with van der Waals surface area (Å²) in [5.74, 6) is 0.769. The van der Waals surface area contributed by atoms with Crippen molar-refractivity contribution in [1.82, 2.24) is 34.5 Å². The van der Waals surface area contributed by atoms with Gasteiger partial charge in [0.2, 0.25) is 0 Å². The van der Waals surface area contributed by atoms with Gasteiger partial charge in [0.1, 0.15) is 29.4 Å². The average Bonchev–Trinajstić information content (AvgIpc) is 3.42. The standard InChI is InChI=1S/C23H25N9O/c1-12-8-17(31(5)29-12)28-22(33)16-9-13-6-7-14(10-15(13)27-16)19-18-20(24)25-11-26-21(18)32(30-19)23(2,3)4/h6-11,27H,1-5H3,(H,28,33)(H2,24,25,26). The van der Waals surface area contributed by atoms with E-state index >= 15 is 0 Å². The quantitative estimate of drug-likeness (QED) is 0.390. The van der Waals surface area contributed by atoms with Gasteiger partial charge in [0.05, 0.1) is 16.6 Å². The molecule has 0 fully saturated rings. The van der Waals surface area contributed by atoms with Crippen molar-refractivity contribution in [2.24, 2.45) is 7.05 Å². The maximum Gasteiger partial charge on any atom is 0.273 e. The van der Waals surface area contributed by atoms with Crippen molar-refractivity contribution in [2.45, 2.75) is 33.2 Å². The number of aromatic amines is 1. The van der Waals surface area contributed by atoms with E-state index in [1.54, 1.807) is 11.7 Å². The van der Waals surface area contributed by atoms with E-state index in [9.17, 15) is 4.79 Å². The van der Waals surface area contributed by atoms with Gasteiger partial charge < -0.3 is 16.0 Å². The maximum absolute atomic E-state index is 12.8. The first-order valence-corrected chi connectivity index (χ1v) is 10.6. The van der Waals surface area contributed by atoms with Gasteiger partial charge in [0.25, 0.3) is 5.91 Å². The zero-order chi connectivity index (χ0) is 23.5. The van der Waals surface area contributed by atoms with Crippen molar-refractivity contribution < 1.29 is 4.79 Å². The number of fused-ring (bicyclic) bond motifs is 2. The van der Waals surface area contributed by atoms with Gasteiger partial charge in [-0.2, -0.15) is 10.2 Å². The molecule has 0 aliphatic rings. The Hall–Kier alpha value is -4.21. The molecular formula is C23H25N9O. The van der Waals surface area contributed by atoms with Crippen molar-refractivity contribution in [3.05, 3.63) is 48.0 Å². The van der Waals surface area contributed by atoms with Gasteiger partial charge in [0.15, 0.2) is 5.65 Å². The topological polar surface area (TPSA) is 132 Å². The number of aryl methyl sites for hydroxylation is 2. The summed E-state index contributed by atoms with van der Waals surface area (Å²) in [6.45, 7) is 8.06. The number of carbonyl (C=O) groups excluding carboxylic acids is 1. The molecule has 33 heavy (non-hydrogen) atoms. The molecule has 1 amide bonds. The van der Waals surface area contributed by atoms with Crippen LogP contribution in [0.4, 0.5) is 11.6 Å². The monoisotopic (exact) mass is 443 g/mol. The highest BCUT2D eigenvalue weighted by Crippen LogP contribution is 2.34. The highest BCUT2D eigenvalue weighted by atomic mass is 16.2. The summed E-state index contributed by atoms with van der Waals surface area (Å²) in [5.41, 5.74) is 10.3. The lowest BCUT2D eigenvalue weighted by Gasteiger charge is -2.19. The molecule has 4 N–H and O–H groups in total. The molecule has 0 aliphatic heterocycles. The molecule has 0 spiro atoms. The fraction of sp³-hybridized carbons (Fsp3) is 0.261. The van der Waals surface area contributed by atoms with Crippen LogP contribution in [0, 0.1) is 6.92 Å². The van der Waals surface area contributed by atoms with E-state index in [-0.39, 0.29) is 11.4 Å². The van der Waals surface area contributed by atoms with Crippen LogP contribution < -0.4 is 11.1 Å². The number of amides is 1. The first-order valence-electron chi connectivity index (χ1n) is 10.6. The fourth-order valence-electron chi connectivity index (χ4n) is 3.95. The molecule has 168 valence electrons. The Labute approximate surface area is 189 Å². The molecule has 0 saturated heterocycles. The number of rotatable bonds is 3. The van der Waals surface area contributed by atoms with Crippen LogP contribution in [0.1, 0.15) is 37.0 Å². The Balaban J connectivity index is 1.57. The van der Waals surface area contributed by atoms with E-state index in [0.29, 0.717) is 34.1 Å². The van der Waals surface area contributed by atoms with Crippen LogP contribution in [0.25, 0.3) is 33.2 Å². The molecule has 1 aromatic carbocycles. The van der Waals surface area contributed by atoms with Crippen LogP contribution in [-0.2, 0) is 12.6 Å². The number of nitrogen functional groups attached to an aromatic ring is 1. The second-order valence-electron chi connectivity index (χ2n) is 9.12. The van der Waals surface area contributed by atoms with Crippen LogP contribution in [0.5, 0.6) is 0 Å². The fourth-order valence-corrected chi connectivity index (χ4v) is 3.95. The van der Waals surface area contributed by atoms with Gasteiger partial charge in [-0.15, -0.1) is 0 Å². The Bertz CT molecular complexity index is 1530. The SMILES string of the molecule is Cc1cc(NC(=O)c2cc3ccc(-c4nn(C(C)(C)C)c5ncnc(N)c45)cc3[nH]2)n(C)n1. The maximum atomic E-state index is 12.8. The smallest absolute Gasteiger partial charge is 0.273 e. The molecule has 5 rings (SSSR count). The van der Waals surface area contributed by atoms with Gasteiger partial charge >= 0.3 is 0 Å². The van der Waals surface area contributed by atoms with Crippen LogP contribution in [-0.4, -0.2) is 40.4 Å². The minimum absolute atomic E-state index is 0.240. The molecule has 0 unspecified atom stereocenters. The van der Waals surface area contributed by atoms with E-state index in [0.717, 1.165) is 22.2 Å².